The number of aromatic nitrogens is 3. The van der Waals surface area contributed by atoms with Crippen molar-refractivity contribution in [3.05, 3.63) is 83.2 Å². The number of fused-ring (bicyclic) bond motifs is 3. The lowest BCUT2D eigenvalue weighted by Crippen LogP contribution is -2.19. The number of hydrogen-bond donors (Lipinski definition) is 0. The van der Waals surface area contributed by atoms with Crippen LogP contribution in [-0.4, -0.2) is 20.3 Å². The van der Waals surface area contributed by atoms with Crippen molar-refractivity contribution in [3.8, 4) is 17.1 Å². The highest BCUT2D eigenvalue weighted by molar-refractivity contribution is 6.09. The summed E-state index contributed by atoms with van der Waals surface area (Å²) in [7, 11) is 0. The largest absolute Gasteiger partial charge is 0.406 e. The topological polar surface area (TPSA) is 22.8 Å². The third kappa shape index (κ3) is 6.04. The molecule has 0 N–H and O–H groups in total. The monoisotopic (exact) mass is 565 g/mol. The van der Waals surface area contributed by atoms with Crippen molar-refractivity contribution in [3.63, 3.8) is 0 Å². The Morgan fingerprint density at radius 2 is 1.44 bits per heavy atom. The molecule has 0 saturated carbocycles. The minimum Gasteiger partial charge on any atom is -0.331 e. The maximum absolute atomic E-state index is 16.1. The summed E-state index contributed by atoms with van der Waals surface area (Å²) in [5, 5.41) is 1.32. The summed E-state index contributed by atoms with van der Waals surface area (Å²) in [6.07, 6.45) is 1.90. The van der Waals surface area contributed by atoms with Crippen molar-refractivity contribution in [1.29, 1.82) is 0 Å². The van der Waals surface area contributed by atoms with E-state index in [9.17, 15) is 13.2 Å². The summed E-state index contributed by atoms with van der Waals surface area (Å²) < 4.78 is 60.2. The van der Waals surface area contributed by atoms with Gasteiger partial charge in [-0.25, -0.2) is 9.37 Å². The first-order valence-electron chi connectivity index (χ1n) is 14.3. The van der Waals surface area contributed by atoms with Crippen LogP contribution in [0, 0.1) is 20.8 Å². The van der Waals surface area contributed by atoms with Crippen LogP contribution in [0.5, 0.6) is 0 Å². The van der Waals surface area contributed by atoms with Crippen molar-refractivity contribution in [2.24, 2.45) is 0 Å². The number of alkyl halides is 4. The fourth-order valence-corrected chi connectivity index (χ4v) is 5.49. The highest BCUT2D eigenvalue weighted by Gasteiger charge is 2.33. The SMILES string of the molecule is CCC(C)(F)c1cc2c(cc1-c1nccn1-c1c(C)cc(C)cc1C)c1ccccc1n2CC(F)(F)F.CCCC. The van der Waals surface area contributed by atoms with Gasteiger partial charge in [0.05, 0.1) is 5.69 Å². The van der Waals surface area contributed by atoms with Gasteiger partial charge in [0.1, 0.15) is 18.0 Å². The van der Waals surface area contributed by atoms with Crippen LogP contribution in [0.25, 0.3) is 38.9 Å². The van der Waals surface area contributed by atoms with Crippen LogP contribution >= 0.6 is 0 Å². The molecule has 0 spiro atoms. The molecule has 0 aliphatic heterocycles. The van der Waals surface area contributed by atoms with Crippen molar-refractivity contribution >= 4 is 21.8 Å². The van der Waals surface area contributed by atoms with E-state index in [-0.39, 0.29) is 6.42 Å². The zero-order valence-corrected chi connectivity index (χ0v) is 25.0. The van der Waals surface area contributed by atoms with E-state index in [2.05, 4.69) is 31.0 Å². The molecular weight excluding hydrogens is 526 g/mol. The van der Waals surface area contributed by atoms with Gasteiger partial charge in [-0.1, -0.05) is 69.5 Å². The van der Waals surface area contributed by atoms with Crippen LogP contribution in [0.3, 0.4) is 0 Å². The van der Waals surface area contributed by atoms with Gasteiger partial charge in [0.15, 0.2) is 0 Å². The smallest absolute Gasteiger partial charge is 0.331 e. The van der Waals surface area contributed by atoms with Gasteiger partial charge in [-0.2, -0.15) is 13.2 Å². The first kappa shape index (κ1) is 30.4. The molecule has 2 heterocycles. The van der Waals surface area contributed by atoms with Gasteiger partial charge in [0.2, 0.25) is 0 Å². The average molecular weight is 566 g/mol. The Balaban J connectivity index is 0.000000909. The average Bonchev–Trinajstić information content (AvgIpc) is 3.50. The lowest BCUT2D eigenvalue weighted by atomic mass is 9.89. The molecular formula is C34H39F4N3. The molecule has 3 aromatic carbocycles. The van der Waals surface area contributed by atoms with Crippen molar-refractivity contribution in [2.45, 2.75) is 86.1 Å². The number of rotatable bonds is 6. The van der Waals surface area contributed by atoms with Crippen LogP contribution in [-0.2, 0) is 12.2 Å². The highest BCUT2D eigenvalue weighted by Crippen LogP contribution is 2.42. The molecule has 3 nitrogen and oxygen atoms in total. The normalized spacial score (nSPS) is 13.3. The second-order valence-corrected chi connectivity index (χ2v) is 11.1. The zero-order valence-electron chi connectivity index (χ0n) is 25.0. The lowest BCUT2D eigenvalue weighted by molar-refractivity contribution is -0.139. The van der Waals surface area contributed by atoms with Crippen LogP contribution in [0.1, 0.15) is 69.2 Å². The standard InChI is InChI=1S/C30H29F4N3.C4H10/c1-6-29(5,31)24-16-26-22(21-9-7-8-10-25(21)37(26)17-30(32,33)34)15-23(24)28-35-11-12-36(28)27-19(3)13-18(2)14-20(27)4;1-3-4-2/h7-16H,6,17H2,1-5H3;3-4H2,1-2H3. The number of nitrogens with zero attached hydrogens (tertiary/aromatic N) is 3. The zero-order chi connectivity index (χ0) is 30.1. The molecule has 0 saturated heterocycles. The molecule has 0 aliphatic carbocycles. The lowest BCUT2D eigenvalue weighted by Gasteiger charge is -2.24. The van der Waals surface area contributed by atoms with E-state index in [4.69, 9.17) is 0 Å². The Kier molecular flexibility index (Phi) is 8.67. The van der Waals surface area contributed by atoms with Crippen molar-refractivity contribution in [1.82, 2.24) is 14.1 Å². The Labute approximate surface area is 239 Å². The van der Waals surface area contributed by atoms with Gasteiger partial charge in [0.25, 0.3) is 0 Å². The summed E-state index contributed by atoms with van der Waals surface area (Å²) in [4.78, 5) is 4.64. The van der Waals surface area contributed by atoms with Gasteiger partial charge in [-0.05, 0) is 63.4 Å². The number of para-hydroxylation sites is 1. The van der Waals surface area contributed by atoms with E-state index < -0.39 is 18.4 Å². The number of halogens is 4. The summed E-state index contributed by atoms with van der Waals surface area (Å²) in [5.74, 6) is 0.553. The molecule has 0 radical (unpaired) electrons. The third-order valence-corrected chi connectivity index (χ3v) is 7.73. The number of hydrogen-bond acceptors (Lipinski definition) is 1. The van der Waals surface area contributed by atoms with E-state index in [1.165, 1.54) is 24.3 Å². The van der Waals surface area contributed by atoms with E-state index >= 15 is 4.39 Å². The minimum atomic E-state index is -4.42. The number of imidazole rings is 1. The van der Waals surface area contributed by atoms with Crippen LogP contribution in [0.2, 0.25) is 0 Å². The molecule has 1 atom stereocenters. The fraction of sp³-hybridized carbons (Fsp3) is 0.382. The maximum Gasteiger partial charge on any atom is 0.406 e. The number of unbranched alkanes of at least 4 members (excludes halogenated alkanes) is 1. The Hall–Kier alpha value is -3.61. The summed E-state index contributed by atoms with van der Waals surface area (Å²) in [6.45, 7) is 12.5. The first-order valence-corrected chi connectivity index (χ1v) is 14.3. The Bertz CT molecular complexity index is 1650. The van der Waals surface area contributed by atoms with Crippen LogP contribution in [0.15, 0.2) is 60.9 Å². The predicted molar refractivity (Wildman–Crippen MR) is 162 cm³/mol. The van der Waals surface area contributed by atoms with Crippen LogP contribution in [0.4, 0.5) is 17.6 Å². The third-order valence-electron chi connectivity index (χ3n) is 7.73. The van der Waals surface area contributed by atoms with E-state index in [1.807, 2.05) is 43.7 Å². The second kappa shape index (κ2) is 11.7. The van der Waals surface area contributed by atoms with E-state index in [1.54, 1.807) is 37.4 Å². The molecule has 0 aliphatic rings. The molecule has 2 aromatic heterocycles. The first-order chi connectivity index (χ1) is 19.3. The predicted octanol–water partition coefficient (Wildman–Crippen LogP) is 10.5. The Morgan fingerprint density at radius 1 is 0.805 bits per heavy atom. The van der Waals surface area contributed by atoms with Gasteiger partial charge >= 0.3 is 6.18 Å². The number of aryl methyl sites for hydroxylation is 3. The minimum absolute atomic E-state index is 0.161. The molecule has 0 bridgehead atoms. The second-order valence-electron chi connectivity index (χ2n) is 11.1. The summed E-state index contributed by atoms with van der Waals surface area (Å²) >= 11 is 0. The number of benzene rings is 3. The molecule has 7 heteroatoms. The summed E-state index contributed by atoms with van der Waals surface area (Å²) in [6, 6.07) is 14.6. The van der Waals surface area contributed by atoms with Crippen LogP contribution < -0.4 is 0 Å². The van der Waals surface area contributed by atoms with Crippen molar-refractivity contribution < 1.29 is 17.6 Å². The molecule has 1 unspecified atom stereocenters. The van der Waals surface area contributed by atoms with Crippen molar-refractivity contribution in [2.75, 3.05) is 0 Å². The molecule has 5 rings (SSSR count). The summed E-state index contributed by atoms with van der Waals surface area (Å²) in [5.41, 5.74) is 4.14. The van der Waals surface area contributed by atoms with Gasteiger partial charge in [0, 0.05) is 45.3 Å². The maximum atomic E-state index is 16.1. The van der Waals surface area contributed by atoms with E-state index in [0.717, 1.165) is 22.4 Å². The quantitative estimate of drug-likeness (QED) is 0.188. The Morgan fingerprint density at radius 3 is 2.02 bits per heavy atom. The molecule has 218 valence electrons. The van der Waals surface area contributed by atoms with Gasteiger partial charge in [-0.15, -0.1) is 0 Å². The van der Waals surface area contributed by atoms with E-state index in [0.29, 0.717) is 38.8 Å². The molecule has 41 heavy (non-hydrogen) atoms. The molecule has 0 fully saturated rings. The fourth-order valence-electron chi connectivity index (χ4n) is 5.49. The highest BCUT2D eigenvalue weighted by atomic mass is 19.4. The molecule has 5 aromatic rings. The van der Waals surface area contributed by atoms with Gasteiger partial charge < -0.3 is 4.57 Å². The molecule has 0 amide bonds. The van der Waals surface area contributed by atoms with Gasteiger partial charge in [-0.3, -0.25) is 4.57 Å².